The zero-order chi connectivity index (χ0) is 20.3. The van der Waals surface area contributed by atoms with Crippen LogP contribution in [0.2, 0.25) is 0 Å². The molecule has 1 aromatic carbocycles. The van der Waals surface area contributed by atoms with Crippen molar-refractivity contribution in [3.8, 4) is 5.75 Å². The van der Waals surface area contributed by atoms with Crippen molar-refractivity contribution in [2.75, 3.05) is 39.0 Å². The molecule has 1 saturated heterocycles. The van der Waals surface area contributed by atoms with Crippen molar-refractivity contribution in [3.05, 3.63) is 57.5 Å². The molecule has 1 aromatic heterocycles. The zero-order valence-electron chi connectivity index (χ0n) is 17.3. The lowest BCUT2D eigenvalue weighted by Crippen LogP contribution is -2.48. The smallest absolute Gasteiger partial charge is 0.259 e. The number of hydrogen-bond donors (Lipinski definition) is 1. The van der Waals surface area contributed by atoms with Gasteiger partial charge in [-0.3, -0.25) is 9.69 Å². The van der Waals surface area contributed by atoms with E-state index >= 15 is 0 Å². The number of likely N-dealkylation sites (N-methyl/N-ethyl adjacent to an activating group) is 1. The number of benzene rings is 1. The van der Waals surface area contributed by atoms with Gasteiger partial charge < -0.3 is 14.6 Å². The fourth-order valence-electron chi connectivity index (χ4n) is 4.10. The number of pyridine rings is 1. The van der Waals surface area contributed by atoms with E-state index in [4.69, 9.17) is 0 Å². The summed E-state index contributed by atoms with van der Waals surface area (Å²) in [4.78, 5) is 19.3. The molecule has 0 bridgehead atoms. The largest absolute Gasteiger partial charge is 0.507 e. The molecular formula is C22H31N3O2S. The topological polar surface area (TPSA) is 48.7 Å². The van der Waals surface area contributed by atoms with E-state index < -0.39 is 0 Å². The van der Waals surface area contributed by atoms with Crippen molar-refractivity contribution < 1.29 is 5.11 Å². The number of aromatic nitrogens is 1. The number of thioether (sulfide) groups is 1. The molecule has 1 N–H and O–H groups in total. The van der Waals surface area contributed by atoms with Gasteiger partial charge in [-0.05, 0) is 50.4 Å². The Labute approximate surface area is 172 Å². The van der Waals surface area contributed by atoms with Gasteiger partial charge in [0.15, 0.2) is 0 Å². The fourth-order valence-corrected chi connectivity index (χ4v) is 4.51. The molecule has 0 saturated carbocycles. The second-order valence-electron chi connectivity index (χ2n) is 7.28. The predicted octanol–water partition coefficient (Wildman–Crippen LogP) is 3.33. The predicted molar refractivity (Wildman–Crippen MR) is 117 cm³/mol. The molecule has 2 heterocycles. The summed E-state index contributed by atoms with van der Waals surface area (Å²) in [6, 6.07) is 9.87. The number of piperazine rings is 1. The van der Waals surface area contributed by atoms with E-state index in [-0.39, 0.29) is 17.4 Å². The molecule has 152 valence electrons. The molecule has 2 aromatic rings. The standard InChI is InChI=1S/C22H31N3O2S/c1-5-23-11-13-24(14-12-23)21(17-7-9-18(28-4)10-8-17)20-19(26)15-16(3)25(6-2)22(20)27/h7-10,15,21,26H,5-6,11-14H2,1-4H3/t21-/m0/s1. The van der Waals surface area contributed by atoms with Crippen LogP contribution in [0.4, 0.5) is 0 Å². The van der Waals surface area contributed by atoms with Gasteiger partial charge in [0.1, 0.15) is 5.75 Å². The lowest BCUT2D eigenvalue weighted by atomic mass is 9.96. The van der Waals surface area contributed by atoms with Crippen LogP contribution in [0.25, 0.3) is 0 Å². The Hall–Kier alpha value is -1.76. The van der Waals surface area contributed by atoms with E-state index in [0.29, 0.717) is 12.1 Å². The summed E-state index contributed by atoms with van der Waals surface area (Å²) >= 11 is 1.70. The van der Waals surface area contributed by atoms with Gasteiger partial charge in [0.05, 0.1) is 11.6 Å². The Bertz CT molecular complexity index is 855. The highest BCUT2D eigenvalue weighted by atomic mass is 32.2. The highest BCUT2D eigenvalue weighted by molar-refractivity contribution is 7.98. The van der Waals surface area contributed by atoms with Crippen LogP contribution < -0.4 is 5.56 Å². The van der Waals surface area contributed by atoms with Crippen molar-refractivity contribution in [2.24, 2.45) is 0 Å². The molecule has 0 radical (unpaired) electrons. The molecule has 0 unspecified atom stereocenters. The van der Waals surface area contributed by atoms with E-state index in [9.17, 15) is 9.90 Å². The van der Waals surface area contributed by atoms with Crippen molar-refractivity contribution in [3.63, 3.8) is 0 Å². The van der Waals surface area contributed by atoms with Crippen LogP contribution in [0.1, 0.15) is 36.7 Å². The van der Waals surface area contributed by atoms with Crippen LogP contribution in [0.15, 0.2) is 40.0 Å². The number of rotatable bonds is 6. The van der Waals surface area contributed by atoms with Crippen molar-refractivity contribution >= 4 is 11.8 Å². The summed E-state index contributed by atoms with van der Waals surface area (Å²) in [5, 5.41) is 10.8. The van der Waals surface area contributed by atoms with Crippen molar-refractivity contribution in [2.45, 2.75) is 38.3 Å². The van der Waals surface area contributed by atoms with Gasteiger partial charge in [-0.1, -0.05) is 19.1 Å². The van der Waals surface area contributed by atoms with E-state index in [1.807, 2.05) is 13.8 Å². The minimum Gasteiger partial charge on any atom is -0.507 e. The molecule has 5 nitrogen and oxygen atoms in total. The van der Waals surface area contributed by atoms with E-state index in [1.165, 1.54) is 4.90 Å². The first-order valence-corrected chi connectivity index (χ1v) is 11.3. The summed E-state index contributed by atoms with van der Waals surface area (Å²) in [5.41, 5.74) is 2.26. The molecule has 0 aliphatic carbocycles. The SMILES string of the molecule is CCN1CCN([C@@H](c2ccc(SC)cc2)c2c(O)cc(C)n(CC)c2=O)CC1. The summed E-state index contributed by atoms with van der Waals surface area (Å²) in [7, 11) is 0. The quantitative estimate of drug-likeness (QED) is 0.753. The minimum atomic E-state index is -0.235. The molecule has 1 aliphatic rings. The average Bonchev–Trinajstić information content (AvgIpc) is 2.71. The molecule has 3 rings (SSSR count). The van der Waals surface area contributed by atoms with Crippen LogP contribution >= 0.6 is 11.8 Å². The molecule has 1 aliphatic heterocycles. The Kier molecular flexibility index (Phi) is 6.86. The van der Waals surface area contributed by atoms with E-state index in [2.05, 4.69) is 47.2 Å². The number of aromatic hydroxyl groups is 1. The lowest BCUT2D eigenvalue weighted by molar-refractivity contribution is 0.111. The highest BCUT2D eigenvalue weighted by Gasteiger charge is 2.31. The summed E-state index contributed by atoms with van der Waals surface area (Å²) in [6.45, 7) is 11.4. The molecule has 0 spiro atoms. The summed E-state index contributed by atoms with van der Waals surface area (Å²) in [5.74, 6) is 0.101. The first-order chi connectivity index (χ1) is 13.5. The third-order valence-electron chi connectivity index (χ3n) is 5.76. The van der Waals surface area contributed by atoms with Gasteiger partial charge in [-0.2, -0.15) is 0 Å². The second kappa shape index (κ2) is 9.16. The molecular weight excluding hydrogens is 370 g/mol. The van der Waals surface area contributed by atoms with Gasteiger partial charge in [0.25, 0.3) is 5.56 Å². The van der Waals surface area contributed by atoms with Gasteiger partial charge in [0.2, 0.25) is 0 Å². The first kappa shape index (κ1) is 21.0. The Morgan fingerprint density at radius 2 is 1.71 bits per heavy atom. The van der Waals surface area contributed by atoms with Gasteiger partial charge in [-0.25, -0.2) is 0 Å². The van der Waals surface area contributed by atoms with Crippen molar-refractivity contribution in [1.29, 1.82) is 0 Å². The number of aryl methyl sites for hydroxylation is 1. The molecule has 1 atom stereocenters. The molecule has 6 heteroatoms. The number of hydrogen-bond acceptors (Lipinski definition) is 5. The van der Waals surface area contributed by atoms with Crippen LogP contribution in [0.5, 0.6) is 5.75 Å². The second-order valence-corrected chi connectivity index (χ2v) is 8.16. The van der Waals surface area contributed by atoms with Gasteiger partial charge in [0, 0.05) is 43.3 Å². The van der Waals surface area contributed by atoms with E-state index in [0.717, 1.165) is 44.0 Å². The lowest BCUT2D eigenvalue weighted by Gasteiger charge is -2.39. The normalized spacial score (nSPS) is 17.0. The molecule has 0 amide bonds. The average molecular weight is 402 g/mol. The maximum Gasteiger partial charge on any atom is 0.259 e. The fraction of sp³-hybridized carbons (Fsp3) is 0.500. The minimum absolute atomic E-state index is 0.0862. The highest BCUT2D eigenvalue weighted by Crippen LogP contribution is 2.34. The number of nitrogens with zero attached hydrogens (tertiary/aromatic N) is 3. The van der Waals surface area contributed by atoms with Crippen LogP contribution in [0.3, 0.4) is 0 Å². The van der Waals surface area contributed by atoms with Crippen LogP contribution in [-0.2, 0) is 6.54 Å². The third-order valence-corrected chi connectivity index (χ3v) is 6.51. The van der Waals surface area contributed by atoms with Crippen LogP contribution in [-0.4, -0.2) is 58.5 Å². The Balaban J connectivity index is 2.10. The monoisotopic (exact) mass is 401 g/mol. The third kappa shape index (κ3) is 4.14. The van der Waals surface area contributed by atoms with Crippen LogP contribution in [0, 0.1) is 6.92 Å². The summed E-state index contributed by atoms with van der Waals surface area (Å²) < 4.78 is 1.75. The maximum absolute atomic E-state index is 13.3. The Morgan fingerprint density at radius 1 is 1.07 bits per heavy atom. The maximum atomic E-state index is 13.3. The van der Waals surface area contributed by atoms with Gasteiger partial charge in [-0.15, -0.1) is 11.8 Å². The van der Waals surface area contributed by atoms with Crippen molar-refractivity contribution in [1.82, 2.24) is 14.4 Å². The van der Waals surface area contributed by atoms with E-state index in [1.54, 1.807) is 22.4 Å². The van der Waals surface area contributed by atoms with Gasteiger partial charge >= 0.3 is 0 Å². The first-order valence-electron chi connectivity index (χ1n) is 10.0. The molecule has 28 heavy (non-hydrogen) atoms. The zero-order valence-corrected chi connectivity index (χ0v) is 18.1. The summed E-state index contributed by atoms with van der Waals surface area (Å²) in [6.07, 6.45) is 2.06. The molecule has 1 fully saturated rings. The Morgan fingerprint density at radius 3 is 2.25 bits per heavy atom.